The highest BCUT2D eigenvalue weighted by molar-refractivity contribution is 5.74. The molecular weight excluding hydrogens is 270 g/mol. The molecule has 0 saturated heterocycles. The van der Waals surface area contributed by atoms with E-state index in [1.807, 2.05) is 30.9 Å². The summed E-state index contributed by atoms with van der Waals surface area (Å²) in [6.45, 7) is 6.23. The monoisotopic (exact) mass is 293 g/mol. The van der Waals surface area contributed by atoms with Gasteiger partial charge in [-0.05, 0) is 19.4 Å². The molecule has 2 rings (SSSR count). The highest BCUT2D eigenvalue weighted by Gasteiger charge is 2.22. The zero-order chi connectivity index (χ0) is 15.2. The average molecular weight is 293 g/mol. The molecule has 6 nitrogen and oxygen atoms in total. The number of amides is 2. The number of aromatic nitrogens is 1. The lowest BCUT2D eigenvalue weighted by Crippen LogP contribution is -2.45. The zero-order valence-electron chi connectivity index (χ0n) is 12.9. The van der Waals surface area contributed by atoms with Crippen molar-refractivity contribution in [2.45, 2.75) is 32.9 Å². The zero-order valence-corrected chi connectivity index (χ0v) is 12.9. The molecule has 1 N–H and O–H groups in total. The number of pyridine rings is 1. The minimum absolute atomic E-state index is 0.0175. The minimum Gasteiger partial charge on any atom is -0.475 e. The van der Waals surface area contributed by atoms with Gasteiger partial charge in [-0.25, -0.2) is 9.78 Å². The van der Waals surface area contributed by atoms with Crippen LogP contribution in [0, 0.1) is 0 Å². The molecule has 116 valence electrons. The van der Waals surface area contributed by atoms with E-state index in [4.69, 9.17) is 9.47 Å². The molecule has 0 aliphatic carbocycles. The first kappa shape index (κ1) is 15.6. The summed E-state index contributed by atoms with van der Waals surface area (Å²) in [6.07, 6.45) is 0.752. The van der Waals surface area contributed by atoms with Crippen molar-refractivity contribution in [1.29, 1.82) is 0 Å². The van der Waals surface area contributed by atoms with E-state index in [9.17, 15) is 4.79 Å². The molecule has 1 aliphatic rings. The van der Waals surface area contributed by atoms with Crippen LogP contribution in [-0.2, 0) is 17.7 Å². The molecule has 0 saturated carbocycles. The third kappa shape index (κ3) is 4.32. The first-order chi connectivity index (χ1) is 10.1. The van der Waals surface area contributed by atoms with E-state index in [0.29, 0.717) is 32.2 Å². The van der Waals surface area contributed by atoms with Crippen molar-refractivity contribution < 1.29 is 14.3 Å². The second kappa shape index (κ2) is 7.26. The summed E-state index contributed by atoms with van der Waals surface area (Å²) < 4.78 is 10.5. The summed E-state index contributed by atoms with van der Waals surface area (Å²) in [5, 5.41) is 2.92. The number of nitrogens with one attached hydrogen (secondary N) is 1. The molecule has 0 radical (unpaired) electrons. The standard InChI is InChI=1S/C15H23N3O3/c1-11(2)16-15(19)18-7-6-13-12(10-18)4-5-14(17-13)21-9-8-20-3/h4-5,11H,6-10H2,1-3H3,(H,16,19). The van der Waals surface area contributed by atoms with Gasteiger partial charge in [0.05, 0.1) is 12.3 Å². The number of hydrogen-bond acceptors (Lipinski definition) is 4. The fourth-order valence-electron chi connectivity index (χ4n) is 2.22. The maximum atomic E-state index is 12.0. The molecule has 1 aliphatic heterocycles. The van der Waals surface area contributed by atoms with Crippen LogP contribution >= 0.6 is 0 Å². The Hall–Kier alpha value is -1.82. The fourth-order valence-corrected chi connectivity index (χ4v) is 2.22. The van der Waals surface area contributed by atoms with E-state index >= 15 is 0 Å². The molecular formula is C15H23N3O3. The van der Waals surface area contributed by atoms with Crippen molar-refractivity contribution in [3.8, 4) is 5.88 Å². The van der Waals surface area contributed by atoms with Gasteiger partial charge < -0.3 is 19.7 Å². The highest BCUT2D eigenvalue weighted by atomic mass is 16.5. The molecule has 1 aromatic heterocycles. The van der Waals surface area contributed by atoms with Gasteiger partial charge in [-0.1, -0.05) is 6.07 Å². The summed E-state index contributed by atoms with van der Waals surface area (Å²) >= 11 is 0. The van der Waals surface area contributed by atoms with Crippen LogP contribution in [0.4, 0.5) is 4.79 Å². The number of rotatable bonds is 5. The topological polar surface area (TPSA) is 63.7 Å². The number of carbonyl (C=O) groups excluding carboxylic acids is 1. The van der Waals surface area contributed by atoms with E-state index < -0.39 is 0 Å². The number of carbonyl (C=O) groups is 1. The van der Waals surface area contributed by atoms with Crippen LogP contribution in [-0.4, -0.2) is 48.8 Å². The minimum atomic E-state index is -0.0175. The summed E-state index contributed by atoms with van der Waals surface area (Å²) in [6, 6.07) is 3.96. The number of methoxy groups -OCH3 is 1. The van der Waals surface area contributed by atoms with Gasteiger partial charge in [0.2, 0.25) is 5.88 Å². The normalized spacial score (nSPS) is 14.0. The molecule has 0 unspecified atom stereocenters. The number of nitrogens with zero attached hydrogens (tertiary/aromatic N) is 2. The van der Waals surface area contributed by atoms with E-state index in [1.165, 1.54) is 0 Å². The molecule has 2 amide bonds. The van der Waals surface area contributed by atoms with Gasteiger partial charge in [0.25, 0.3) is 0 Å². The fraction of sp³-hybridized carbons (Fsp3) is 0.600. The van der Waals surface area contributed by atoms with Crippen LogP contribution in [0.3, 0.4) is 0 Å². The molecule has 1 aromatic rings. The van der Waals surface area contributed by atoms with Crippen molar-refractivity contribution >= 4 is 6.03 Å². The van der Waals surface area contributed by atoms with Crippen LogP contribution in [0.5, 0.6) is 5.88 Å². The molecule has 0 aromatic carbocycles. The van der Waals surface area contributed by atoms with Gasteiger partial charge >= 0.3 is 6.03 Å². The lowest BCUT2D eigenvalue weighted by molar-refractivity contribution is 0.143. The largest absolute Gasteiger partial charge is 0.475 e. The third-order valence-electron chi connectivity index (χ3n) is 3.26. The van der Waals surface area contributed by atoms with E-state index in [2.05, 4.69) is 10.3 Å². The Kier molecular flexibility index (Phi) is 5.38. The van der Waals surface area contributed by atoms with Crippen molar-refractivity contribution in [3.05, 3.63) is 23.4 Å². The van der Waals surface area contributed by atoms with Crippen molar-refractivity contribution in [3.63, 3.8) is 0 Å². The number of fused-ring (bicyclic) bond motifs is 1. The second-order valence-corrected chi connectivity index (χ2v) is 5.37. The van der Waals surface area contributed by atoms with E-state index in [0.717, 1.165) is 17.7 Å². The Labute approximate surface area is 125 Å². The lowest BCUT2D eigenvalue weighted by atomic mass is 10.1. The number of ether oxygens (including phenoxy) is 2. The van der Waals surface area contributed by atoms with Crippen LogP contribution in [0.1, 0.15) is 25.1 Å². The summed E-state index contributed by atoms with van der Waals surface area (Å²) in [5.74, 6) is 0.617. The SMILES string of the molecule is COCCOc1ccc2c(n1)CCN(C(=O)NC(C)C)C2. The van der Waals surface area contributed by atoms with E-state index in [1.54, 1.807) is 7.11 Å². The van der Waals surface area contributed by atoms with Gasteiger partial charge in [0.1, 0.15) is 6.61 Å². The molecule has 21 heavy (non-hydrogen) atoms. The Morgan fingerprint density at radius 2 is 2.24 bits per heavy atom. The quantitative estimate of drug-likeness (QED) is 0.837. The van der Waals surface area contributed by atoms with Crippen LogP contribution in [0.25, 0.3) is 0 Å². The van der Waals surface area contributed by atoms with Gasteiger partial charge in [-0.2, -0.15) is 0 Å². The first-order valence-electron chi connectivity index (χ1n) is 7.26. The number of urea groups is 1. The van der Waals surface area contributed by atoms with Gasteiger partial charge in [0.15, 0.2) is 0 Å². The maximum Gasteiger partial charge on any atom is 0.317 e. The van der Waals surface area contributed by atoms with Crippen molar-refractivity contribution in [1.82, 2.24) is 15.2 Å². The Balaban J connectivity index is 1.97. The number of hydrogen-bond donors (Lipinski definition) is 1. The molecule has 0 spiro atoms. The van der Waals surface area contributed by atoms with Crippen molar-refractivity contribution in [2.75, 3.05) is 26.9 Å². The summed E-state index contributed by atoms with van der Waals surface area (Å²) in [7, 11) is 1.64. The molecule has 2 heterocycles. The third-order valence-corrected chi connectivity index (χ3v) is 3.26. The average Bonchev–Trinajstić information content (AvgIpc) is 2.46. The Morgan fingerprint density at radius 3 is 2.95 bits per heavy atom. The first-order valence-corrected chi connectivity index (χ1v) is 7.26. The van der Waals surface area contributed by atoms with Crippen molar-refractivity contribution in [2.24, 2.45) is 0 Å². The smallest absolute Gasteiger partial charge is 0.317 e. The molecule has 0 bridgehead atoms. The molecule has 0 atom stereocenters. The predicted molar refractivity (Wildman–Crippen MR) is 79.4 cm³/mol. The van der Waals surface area contributed by atoms with Crippen LogP contribution in [0.2, 0.25) is 0 Å². The molecule has 6 heteroatoms. The summed E-state index contributed by atoms with van der Waals surface area (Å²) in [5.41, 5.74) is 2.10. The summed E-state index contributed by atoms with van der Waals surface area (Å²) in [4.78, 5) is 18.3. The van der Waals surface area contributed by atoms with Gasteiger partial charge in [-0.3, -0.25) is 0 Å². The molecule has 0 fully saturated rings. The predicted octanol–water partition coefficient (Wildman–Crippen LogP) is 1.58. The van der Waals surface area contributed by atoms with Crippen LogP contribution < -0.4 is 10.1 Å². The Bertz CT molecular complexity index is 491. The van der Waals surface area contributed by atoms with Gasteiger partial charge in [0, 0.05) is 38.7 Å². The Morgan fingerprint density at radius 1 is 1.43 bits per heavy atom. The highest BCUT2D eigenvalue weighted by Crippen LogP contribution is 2.20. The second-order valence-electron chi connectivity index (χ2n) is 5.37. The van der Waals surface area contributed by atoms with Crippen LogP contribution in [0.15, 0.2) is 12.1 Å². The van der Waals surface area contributed by atoms with E-state index in [-0.39, 0.29) is 12.1 Å². The maximum absolute atomic E-state index is 12.0. The van der Waals surface area contributed by atoms with Gasteiger partial charge in [-0.15, -0.1) is 0 Å². The lowest BCUT2D eigenvalue weighted by Gasteiger charge is -2.29.